The molecule has 0 saturated heterocycles. The molecule has 0 aliphatic heterocycles. The van der Waals surface area contributed by atoms with Crippen molar-refractivity contribution in [3.63, 3.8) is 0 Å². The molecule has 0 bridgehead atoms. The average molecular weight is 163 g/mol. The second-order valence-corrected chi connectivity index (χ2v) is 2.99. The zero-order valence-corrected chi connectivity index (χ0v) is 8.14. The molecule has 0 radical (unpaired) electrons. The molecular weight excluding hydrogens is 145 g/mol. The Kier molecular flexibility index (Phi) is 6.49. The first-order valence-corrected chi connectivity index (χ1v) is 4.36. The van der Waals surface area contributed by atoms with E-state index in [1.165, 1.54) is 5.57 Å². The summed E-state index contributed by atoms with van der Waals surface area (Å²) < 4.78 is 0. The van der Waals surface area contributed by atoms with E-state index in [2.05, 4.69) is 25.7 Å². The van der Waals surface area contributed by atoms with Gasteiger partial charge in [0.15, 0.2) is 0 Å². The predicted octanol–water partition coefficient (Wildman–Crippen LogP) is 1.37. The van der Waals surface area contributed by atoms with Crippen molar-refractivity contribution in [2.75, 3.05) is 6.54 Å². The van der Waals surface area contributed by atoms with E-state index in [1.807, 2.05) is 13.8 Å². The minimum absolute atomic E-state index is 0.608. The molecule has 0 spiro atoms. The maximum absolute atomic E-state index is 5.43. The lowest BCUT2D eigenvalue weighted by Crippen LogP contribution is -2.01. The molecule has 0 aromatic heterocycles. The molecular formula is C10H18BN. The van der Waals surface area contributed by atoms with Crippen LogP contribution in [0.2, 0.25) is 0 Å². The number of hydrogen-bond donors (Lipinski definition) is 1. The van der Waals surface area contributed by atoms with Crippen LogP contribution in [0, 0.1) is 0 Å². The van der Waals surface area contributed by atoms with Gasteiger partial charge in [-0.05, 0) is 19.8 Å². The Labute approximate surface area is 76.4 Å². The van der Waals surface area contributed by atoms with Gasteiger partial charge < -0.3 is 5.73 Å². The first-order valence-electron chi connectivity index (χ1n) is 4.36. The first-order chi connectivity index (χ1) is 5.70. The molecule has 0 aromatic carbocycles. The third-order valence-electron chi connectivity index (χ3n) is 1.73. The van der Waals surface area contributed by atoms with Gasteiger partial charge in [0.25, 0.3) is 0 Å². The monoisotopic (exact) mass is 163 g/mol. The van der Waals surface area contributed by atoms with Gasteiger partial charge in [0.2, 0.25) is 0 Å². The average Bonchev–Trinajstić information content (AvgIpc) is 2.10. The Morgan fingerprint density at radius 1 is 1.50 bits per heavy atom. The Morgan fingerprint density at radius 3 is 2.67 bits per heavy atom. The topological polar surface area (TPSA) is 26.0 Å². The van der Waals surface area contributed by atoms with Crippen molar-refractivity contribution in [2.24, 2.45) is 5.73 Å². The summed E-state index contributed by atoms with van der Waals surface area (Å²) in [5.41, 5.74) is 7.93. The van der Waals surface area contributed by atoms with E-state index in [4.69, 9.17) is 5.73 Å². The van der Waals surface area contributed by atoms with Crippen LogP contribution in [0.5, 0.6) is 0 Å². The molecule has 0 aliphatic carbocycles. The van der Waals surface area contributed by atoms with Crippen molar-refractivity contribution in [3.05, 3.63) is 35.9 Å². The molecule has 2 N–H and O–H groups in total. The van der Waals surface area contributed by atoms with Crippen LogP contribution in [0.4, 0.5) is 0 Å². The summed E-state index contributed by atoms with van der Waals surface area (Å²) in [5.74, 6) is 2.03. The lowest BCUT2D eigenvalue weighted by atomic mass is 10.1. The van der Waals surface area contributed by atoms with E-state index in [0.29, 0.717) is 6.54 Å². The quantitative estimate of drug-likeness (QED) is 0.369. The van der Waals surface area contributed by atoms with Gasteiger partial charge in [-0.15, -0.1) is 5.98 Å². The smallest absolute Gasteiger partial charge is 0.129 e. The lowest BCUT2D eigenvalue weighted by Gasteiger charge is -2.01. The maximum atomic E-state index is 5.43. The van der Waals surface area contributed by atoms with Gasteiger partial charge in [-0.3, -0.25) is 0 Å². The summed E-state index contributed by atoms with van der Waals surface area (Å²) in [6.45, 7) is 6.59. The van der Waals surface area contributed by atoms with Crippen molar-refractivity contribution in [1.82, 2.24) is 0 Å². The van der Waals surface area contributed by atoms with Gasteiger partial charge >= 0.3 is 0 Å². The van der Waals surface area contributed by atoms with Gasteiger partial charge in [-0.2, -0.15) is 0 Å². The highest BCUT2D eigenvalue weighted by atomic mass is 14.5. The van der Waals surface area contributed by atoms with Crippen LogP contribution in [0.3, 0.4) is 0 Å². The number of allylic oxidation sites excluding steroid dienone is 3. The minimum atomic E-state index is 0.608. The molecule has 0 aromatic rings. The lowest BCUT2D eigenvalue weighted by molar-refractivity contribution is 0.896. The van der Waals surface area contributed by atoms with Gasteiger partial charge in [0, 0.05) is 6.54 Å². The highest BCUT2D eigenvalue weighted by molar-refractivity contribution is 6.17. The molecule has 0 rings (SSSR count). The van der Waals surface area contributed by atoms with Gasteiger partial charge in [0.1, 0.15) is 7.85 Å². The summed E-state index contributed by atoms with van der Waals surface area (Å²) in [6.07, 6.45) is 6.26. The van der Waals surface area contributed by atoms with Crippen LogP contribution in [0.15, 0.2) is 35.9 Å². The Balaban J connectivity index is 3.70. The summed E-state index contributed by atoms with van der Waals surface area (Å²) in [5, 5.41) is 0. The molecule has 0 saturated carbocycles. The molecule has 0 amide bonds. The largest absolute Gasteiger partial charge is 0.327 e. The van der Waals surface area contributed by atoms with Crippen molar-refractivity contribution in [2.45, 2.75) is 19.8 Å². The van der Waals surface area contributed by atoms with E-state index in [9.17, 15) is 0 Å². The predicted molar refractivity (Wildman–Crippen MR) is 58.9 cm³/mol. The first kappa shape index (κ1) is 11.2. The van der Waals surface area contributed by atoms with E-state index in [-0.39, 0.29) is 0 Å². The molecule has 2 heteroatoms. The van der Waals surface area contributed by atoms with Crippen molar-refractivity contribution in [3.8, 4) is 0 Å². The molecule has 66 valence electrons. The summed E-state index contributed by atoms with van der Waals surface area (Å²) in [4.78, 5) is 0. The minimum Gasteiger partial charge on any atom is -0.327 e. The van der Waals surface area contributed by atoms with Crippen molar-refractivity contribution in [1.29, 1.82) is 0 Å². The molecule has 1 nitrogen and oxygen atoms in total. The van der Waals surface area contributed by atoms with Gasteiger partial charge in [0.05, 0.1) is 0 Å². The fourth-order valence-corrected chi connectivity index (χ4v) is 0.820. The summed E-state index contributed by atoms with van der Waals surface area (Å²) in [6, 6.07) is 0. The second kappa shape index (κ2) is 6.92. The summed E-state index contributed by atoms with van der Waals surface area (Å²) >= 11 is 0. The zero-order valence-electron chi connectivity index (χ0n) is 8.14. The third-order valence-corrected chi connectivity index (χ3v) is 1.73. The van der Waals surface area contributed by atoms with Crippen LogP contribution in [0.1, 0.15) is 19.8 Å². The fraction of sp³-hybridized carbons (Fsp3) is 0.400. The van der Waals surface area contributed by atoms with E-state index in [0.717, 1.165) is 18.4 Å². The number of hydrogen-bond acceptors (Lipinski definition) is 1. The molecule has 0 heterocycles. The Hall–Kier alpha value is -0.755. The molecule has 12 heavy (non-hydrogen) atoms. The van der Waals surface area contributed by atoms with Crippen LogP contribution < -0.4 is 5.73 Å². The Morgan fingerprint density at radius 2 is 2.17 bits per heavy atom. The van der Waals surface area contributed by atoms with E-state index < -0.39 is 0 Å². The van der Waals surface area contributed by atoms with Crippen LogP contribution in [-0.4, -0.2) is 14.4 Å². The molecule has 0 atom stereocenters. The third kappa shape index (κ3) is 5.99. The standard InChI is InChI=1S/C10H18BN/c1-9(4-3-7-11)5-6-10(2)8-12/h3-4,7H,2,5-6,8,11-12H2,1H3/b7-3+,9-4+. The number of rotatable bonds is 5. The van der Waals surface area contributed by atoms with Crippen LogP contribution >= 0.6 is 0 Å². The second-order valence-electron chi connectivity index (χ2n) is 2.99. The zero-order chi connectivity index (χ0) is 9.40. The van der Waals surface area contributed by atoms with E-state index >= 15 is 0 Å². The van der Waals surface area contributed by atoms with Crippen molar-refractivity contribution < 1.29 is 0 Å². The van der Waals surface area contributed by atoms with Crippen LogP contribution in [-0.2, 0) is 0 Å². The molecule has 0 unspecified atom stereocenters. The fourth-order valence-electron chi connectivity index (χ4n) is 0.820. The van der Waals surface area contributed by atoms with Crippen LogP contribution in [0.25, 0.3) is 0 Å². The van der Waals surface area contributed by atoms with Crippen molar-refractivity contribution >= 4 is 7.85 Å². The SMILES string of the molecule is B/C=C/C=C(\C)CCC(=C)CN. The molecule has 0 fully saturated rings. The Bertz CT molecular complexity index is 192. The van der Waals surface area contributed by atoms with E-state index in [1.54, 1.807) is 0 Å². The molecule has 0 aliphatic rings. The normalized spacial score (nSPS) is 12.3. The maximum Gasteiger partial charge on any atom is 0.129 e. The number of nitrogens with two attached hydrogens (primary N) is 1. The van der Waals surface area contributed by atoms with Gasteiger partial charge in [-0.25, -0.2) is 0 Å². The summed E-state index contributed by atoms with van der Waals surface area (Å²) in [7, 11) is 2.02. The van der Waals surface area contributed by atoms with Gasteiger partial charge in [-0.1, -0.05) is 29.9 Å². The highest BCUT2D eigenvalue weighted by Gasteiger charge is 1.92. The highest BCUT2D eigenvalue weighted by Crippen LogP contribution is 2.08.